The molecule has 5 rings (SSSR count). The average molecular weight is 283 g/mol. The fourth-order valence-electron chi connectivity index (χ4n) is 3.32. The van der Waals surface area contributed by atoms with Crippen LogP contribution in [-0.4, -0.2) is 9.97 Å². The van der Waals surface area contributed by atoms with Crippen LogP contribution in [-0.2, 0) is 0 Å². The minimum Gasteiger partial charge on any atom is -0.346 e. The molecule has 22 heavy (non-hydrogen) atoms. The van der Waals surface area contributed by atoms with Gasteiger partial charge in [0.25, 0.3) is 0 Å². The van der Waals surface area contributed by atoms with Gasteiger partial charge in [0.2, 0.25) is 0 Å². The third-order valence-corrected chi connectivity index (χ3v) is 4.37. The highest BCUT2D eigenvalue weighted by Crippen LogP contribution is 2.33. The van der Waals surface area contributed by atoms with E-state index in [9.17, 15) is 0 Å². The minimum atomic E-state index is 0.234. The van der Waals surface area contributed by atoms with Gasteiger partial charge in [0, 0.05) is 34.5 Å². The lowest BCUT2D eigenvalue weighted by Crippen LogP contribution is -2.21. The summed E-state index contributed by atoms with van der Waals surface area (Å²) in [6, 6.07) is 12.5. The van der Waals surface area contributed by atoms with Crippen molar-refractivity contribution in [1.82, 2.24) is 9.97 Å². The molecule has 1 aromatic carbocycles. The lowest BCUT2D eigenvalue weighted by molar-refractivity contribution is 1.06. The molecule has 0 saturated carbocycles. The topological polar surface area (TPSA) is 41.0 Å². The number of pyridine rings is 1. The fourth-order valence-corrected chi connectivity index (χ4v) is 3.32. The van der Waals surface area contributed by atoms with E-state index in [1.54, 1.807) is 0 Å². The Kier molecular flexibility index (Phi) is 2.27. The van der Waals surface area contributed by atoms with Gasteiger partial charge in [-0.25, -0.2) is 9.98 Å². The third-order valence-electron chi connectivity index (χ3n) is 4.37. The normalized spacial score (nSPS) is 18.8. The third kappa shape index (κ3) is 1.56. The van der Waals surface area contributed by atoms with Gasteiger partial charge in [-0.2, -0.15) is 0 Å². The van der Waals surface area contributed by atoms with Gasteiger partial charge in [-0.3, -0.25) is 0 Å². The van der Waals surface area contributed by atoms with Gasteiger partial charge in [-0.1, -0.05) is 30.4 Å². The highest BCUT2D eigenvalue weighted by Gasteiger charge is 2.19. The highest BCUT2D eigenvalue weighted by atomic mass is 14.8. The van der Waals surface area contributed by atoms with Crippen molar-refractivity contribution in [1.29, 1.82) is 0 Å². The standard InChI is InChI=1S/C19H13N3/c1-2-4-17-14(3-1)15-6-5-12(11-18(15)22-17)13-7-9-20-19-16(13)8-10-21-19/h1-12H,(H,20,21). The number of benzene rings is 1. The Morgan fingerprint density at radius 2 is 2.00 bits per heavy atom. The van der Waals surface area contributed by atoms with Crippen molar-refractivity contribution < 1.29 is 0 Å². The van der Waals surface area contributed by atoms with Crippen molar-refractivity contribution in [2.24, 2.45) is 4.99 Å². The van der Waals surface area contributed by atoms with Crippen molar-refractivity contribution in [3.63, 3.8) is 0 Å². The van der Waals surface area contributed by atoms with E-state index in [4.69, 9.17) is 4.99 Å². The van der Waals surface area contributed by atoms with Gasteiger partial charge in [0.05, 0.1) is 11.1 Å². The van der Waals surface area contributed by atoms with Crippen molar-refractivity contribution in [2.75, 3.05) is 0 Å². The Bertz CT molecular complexity index is 1080. The molecular formula is C19H13N3. The predicted octanol–water partition coefficient (Wildman–Crippen LogP) is 2.58. The van der Waals surface area contributed by atoms with E-state index in [0.717, 1.165) is 16.7 Å². The Labute approximate surface area is 127 Å². The first-order chi connectivity index (χ1) is 10.9. The lowest BCUT2D eigenvalue weighted by Gasteiger charge is -2.15. The summed E-state index contributed by atoms with van der Waals surface area (Å²) in [4.78, 5) is 12.3. The summed E-state index contributed by atoms with van der Waals surface area (Å²) in [7, 11) is 0. The zero-order valence-electron chi connectivity index (χ0n) is 11.8. The molecule has 104 valence electrons. The molecule has 1 N–H and O–H groups in total. The minimum absolute atomic E-state index is 0.234. The van der Waals surface area contributed by atoms with Gasteiger partial charge in [0.1, 0.15) is 5.65 Å². The van der Waals surface area contributed by atoms with Gasteiger partial charge >= 0.3 is 0 Å². The number of H-pyrrole nitrogens is 1. The molecule has 1 atom stereocenters. The van der Waals surface area contributed by atoms with Gasteiger partial charge in [-0.15, -0.1) is 0 Å². The second-order valence-corrected chi connectivity index (χ2v) is 5.62. The Morgan fingerprint density at radius 1 is 1.05 bits per heavy atom. The maximum absolute atomic E-state index is 4.77. The van der Waals surface area contributed by atoms with E-state index >= 15 is 0 Å². The largest absolute Gasteiger partial charge is 0.346 e. The monoisotopic (exact) mass is 283 g/mol. The van der Waals surface area contributed by atoms with Gasteiger partial charge in [-0.05, 0) is 29.8 Å². The molecule has 1 aliphatic heterocycles. The Hall–Kier alpha value is -2.94. The van der Waals surface area contributed by atoms with Gasteiger partial charge < -0.3 is 4.98 Å². The van der Waals surface area contributed by atoms with E-state index in [1.807, 2.05) is 18.5 Å². The van der Waals surface area contributed by atoms with Crippen molar-refractivity contribution in [3.05, 3.63) is 88.9 Å². The number of aromatic nitrogens is 2. The van der Waals surface area contributed by atoms with E-state index < -0.39 is 0 Å². The van der Waals surface area contributed by atoms with Crippen LogP contribution in [0.2, 0.25) is 0 Å². The summed E-state index contributed by atoms with van der Waals surface area (Å²) in [5.41, 5.74) is 4.51. The average Bonchev–Trinajstić information content (AvgIpc) is 3.18. The fraction of sp³-hybridized carbons (Fsp3) is 0.0526. The molecule has 2 aliphatic rings. The smallest absolute Gasteiger partial charge is 0.137 e. The first kappa shape index (κ1) is 11.7. The highest BCUT2D eigenvalue weighted by molar-refractivity contribution is 5.82. The zero-order valence-corrected chi connectivity index (χ0v) is 11.8. The number of para-hydroxylation sites is 1. The summed E-state index contributed by atoms with van der Waals surface area (Å²) < 4.78 is 0. The van der Waals surface area contributed by atoms with E-state index in [2.05, 4.69) is 58.5 Å². The Balaban J connectivity index is 1.70. The second kappa shape index (κ2) is 4.28. The van der Waals surface area contributed by atoms with Crippen molar-refractivity contribution in [3.8, 4) is 0 Å². The number of fused-ring (bicyclic) bond motifs is 3. The molecule has 3 aromatic rings. The molecule has 0 spiro atoms. The van der Waals surface area contributed by atoms with Crippen LogP contribution in [0.5, 0.6) is 0 Å². The summed E-state index contributed by atoms with van der Waals surface area (Å²) in [5.74, 6) is 0.234. The van der Waals surface area contributed by atoms with Crippen LogP contribution in [0.1, 0.15) is 11.5 Å². The number of aromatic amines is 1. The molecule has 0 bridgehead atoms. The second-order valence-electron chi connectivity index (χ2n) is 5.62. The van der Waals surface area contributed by atoms with Crippen LogP contribution in [0.25, 0.3) is 16.6 Å². The number of hydrogen-bond donors (Lipinski definition) is 1. The first-order valence-electron chi connectivity index (χ1n) is 7.41. The molecule has 3 heteroatoms. The summed E-state index contributed by atoms with van der Waals surface area (Å²) in [6.45, 7) is 0. The van der Waals surface area contributed by atoms with Crippen LogP contribution >= 0.6 is 0 Å². The molecule has 1 unspecified atom stereocenters. The van der Waals surface area contributed by atoms with Crippen LogP contribution in [0, 0.1) is 0 Å². The van der Waals surface area contributed by atoms with Crippen LogP contribution < -0.4 is 10.6 Å². The van der Waals surface area contributed by atoms with Gasteiger partial charge in [0.15, 0.2) is 0 Å². The number of nitrogens with zero attached hydrogens (tertiary/aromatic N) is 2. The van der Waals surface area contributed by atoms with E-state index in [0.29, 0.717) is 0 Å². The summed E-state index contributed by atoms with van der Waals surface area (Å²) >= 11 is 0. The molecule has 1 aliphatic carbocycles. The van der Waals surface area contributed by atoms with Crippen LogP contribution in [0.15, 0.2) is 77.7 Å². The number of rotatable bonds is 1. The zero-order chi connectivity index (χ0) is 14.5. The summed E-state index contributed by atoms with van der Waals surface area (Å²) in [5, 5.41) is 3.47. The maximum atomic E-state index is 4.77. The number of hydrogen-bond acceptors (Lipinski definition) is 2. The molecule has 0 saturated heterocycles. The molecule has 3 heterocycles. The number of nitrogens with one attached hydrogen (secondary N) is 1. The molecule has 0 fully saturated rings. The number of allylic oxidation sites excluding steroid dienone is 3. The summed E-state index contributed by atoms with van der Waals surface area (Å²) in [6.07, 6.45) is 10.5. The molecule has 2 aromatic heterocycles. The van der Waals surface area contributed by atoms with E-state index in [1.165, 1.54) is 21.7 Å². The van der Waals surface area contributed by atoms with Crippen molar-refractivity contribution >= 4 is 16.6 Å². The van der Waals surface area contributed by atoms with Crippen LogP contribution in [0.4, 0.5) is 0 Å². The maximum Gasteiger partial charge on any atom is 0.137 e. The molecular weight excluding hydrogens is 270 g/mol. The van der Waals surface area contributed by atoms with Crippen molar-refractivity contribution in [2.45, 2.75) is 5.92 Å². The quantitative estimate of drug-likeness (QED) is 0.732. The SMILES string of the molecule is C1=CC(c2ccnc3[nH]ccc23)C=C2N=c3ccccc3=C12. The molecule has 0 amide bonds. The first-order valence-corrected chi connectivity index (χ1v) is 7.41. The predicted molar refractivity (Wildman–Crippen MR) is 86.7 cm³/mol. The Morgan fingerprint density at radius 3 is 3.00 bits per heavy atom. The van der Waals surface area contributed by atoms with E-state index in [-0.39, 0.29) is 5.92 Å². The lowest BCUT2D eigenvalue weighted by atomic mass is 9.90. The van der Waals surface area contributed by atoms with Crippen LogP contribution in [0.3, 0.4) is 0 Å². The molecule has 0 radical (unpaired) electrons. The molecule has 3 nitrogen and oxygen atoms in total.